The Morgan fingerprint density at radius 1 is 1.25 bits per heavy atom. The molecule has 0 heterocycles. The zero-order chi connectivity index (χ0) is 12.0. The van der Waals surface area contributed by atoms with Gasteiger partial charge < -0.3 is 4.74 Å². The monoisotopic (exact) mass is 218 g/mol. The van der Waals surface area contributed by atoms with Crippen molar-refractivity contribution >= 4 is 12.0 Å². The number of methoxy groups -OCH3 is 1. The molecule has 0 aliphatic carbocycles. The van der Waals surface area contributed by atoms with Gasteiger partial charge in [0.15, 0.2) is 0 Å². The average molecular weight is 218 g/mol. The van der Waals surface area contributed by atoms with E-state index in [-0.39, 0.29) is 5.97 Å². The summed E-state index contributed by atoms with van der Waals surface area (Å²) < 4.78 is 4.60. The van der Waals surface area contributed by atoms with Gasteiger partial charge in [-0.3, -0.25) is 4.79 Å². The van der Waals surface area contributed by atoms with Gasteiger partial charge in [0, 0.05) is 6.42 Å². The highest BCUT2D eigenvalue weighted by molar-refractivity contribution is 5.69. The van der Waals surface area contributed by atoms with Crippen LogP contribution in [0.2, 0.25) is 0 Å². The summed E-state index contributed by atoms with van der Waals surface area (Å²) in [5, 5.41) is 0. The fraction of sp³-hybridized carbons (Fsp3) is 0.357. The van der Waals surface area contributed by atoms with E-state index in [9.17, 15) is 4.79 Å². The molecular formula is C14H18O2. The van der Waals surface area contributed by atoms with Crippen molar-refractivity contribution in [3.63, 3.8) is 0 Å². The third kappa shape index (κ3) is 4.30. The second-order valence-corrected chi connectivity index (χ2v) is 3.98. The van der Waals surface area contributed by atoms with E-state index in [0.29, 0.717) is 6.42 Å². The fourth-order valence-corrected chi connectivity index (χ4v) is 1.42. The van der Waals surface area contributed by atoms with Crippen molar-refractivity contribution in [3.05, 3.63) is 41.0 Å². The van der Waals surface area contributed by atoms with Crippen LogP contribution in [0.3, 0.4) is 0 Å². The number of hydrogen-bond donors (Lipinski definition) is 0. The summed E-state index contributed by atoms with van der Waals surface area (Å²) in [6.45, 7) is 4.10. The second kappa shape index (κ2) is 6.11. The molecule has 0 N–H and O–H groups in total. The Bertz CT molecular complexity index is 374. The molecular weight excluding hydrogens is 200 g/mol. The predicted molar refractivity (Wildman–Crippen MR) is 66.1 cm³/mol. The maximum absolute atomic E-state index is 11.0. The predicted octanol–water partition coefficient (Wildman–Crippen LogP) is 3.35. The Morgan fingerprint density at radius 3 is 2.44 bits per heavy atom. The summed E-state index contributed by atoms with van der Waals surface area (Å²) in [4.78, 5) is 11.0. The minimum Gasteiger partial charge on any atom is -0.469 e. The number of ether oxygens (including phenoxy) is 1. The highest BCUT2D eigenvalue weighted by Gasteiger charge is 2.00. The number of benzene rings is 1. The summed E-state index contributed by atoms with van der Waals surface area (Å²) in [7, 11) is 1.42. The van der Waals surface area contributed by atoms with Crippen LogP contribution in [0, 0.1) is 6.92 Å². The number of hydrogen-bond acceptors (Lipinski definition) is 2. The van der Waals surface area contributed by atoms with Gasteiger partial charge in [-0.25, -0.2) is 0 Å². The van der Waals surface area contributed by atoms with Gasteiger partial charge >= 0.3 is 5.97 Å². The van der Waals surface area contributed by atoms with Crippen LogP contribution in [0.15, 0.2) is 29.8 Å². The van der Waals surface area contributed by atoms with Gasteiger partial charge in [0.05, 0.1) is 7.11 Å². The van der Waals surface area contributed by atoms with Gasteiger partial charge in [0.25, 0.3) is 0 Å². The van der Waals surface area contributed by atoms with E-state index in [1.807, 2.05) is 6.92 Å². The topological polar surface area (TPSA) is 26.3 Å². The fourth-order valence-electron chi connectivity index (χ4n) is 1.42. The molecule has 2 heteroatoms. The Labute approximate surface area is 96.9 Å². The number of carbonyl (C=O) groups is 1. The molecule has 2 nitrogen and oxygen atoms in total. The number of esters is 1. The summed E-state index contributed by atoms with van der Waals surface area (Å²) in [6.07, 6.45) is 3.30. The zero-order valence-electron chi connectivity index (χ0n) is 10.1. The SMILES string of the molecule is COC(=O)CCC(C)=Cc1ccc(C)cc1. The lowest BCUT2D eigenvalue weighted by atomic mass is 10.1. The summed E-state index contributed by atoms with van der Waals surface area (Å²) in [5.74, 6) is -0.156. The molecule has 0 aromatic heterocycles. The van der Waals surface area contributed by atoms with Gasteiger partial charge in [-0.15, -0.1) is 0 Å². The molecule has 0 saturated heterocycles. The Hall–Kier alpha value is -1.57. The van der Waals surface area contributed by atoms with Crippen LogP contribution in [0.4, 0.5) is 0 Å². The Balaban J connectivity index is 2.56. The molecule has 0 atom stereocenters. The highest BCUT2D eigenvalue weighted by Crippen LogP contribution is 2.12. The van der Waals surface area contributed by atoms with Crippen molar-refractivity contribution in [2.45, 2.75) is 26.7 Å². The molecule has 16 heavy (non-hydrogen) atoms. The Morgan fingerprint density at radius 2 is 1.88 bits per heavy atom. The first-order valence-corrected chi connectivity index (χ1v) is 5.42. The smallest absolute Gasteiger partial charge is 0.305 e. The number of carbonyl (C=O) groups excluding carboxylic acids is 1. The number of allylic oxidation sites excluding steroid dienone is 1. The molecule has 86 valence electrons. The summed E-state index contributed by atoms with van der Waals surface area (Å²) in [5.41, 5.74) is 3.62. The minimum absolute atomic E-state index is 0.156. The highest BCUT2D eigenvalue weighted by atomic mass is 16.5. The van der Waals surface area contributed by atoms with Crippen molar-refractivity contribution in [2.24, 2.45) is 0 Å². The van der Waals surface area contributed by atoms with E-state index >= 15 is 0 Å². The van der Waals surface area contributed by atoms with Gasteiger partial charge in [0.2, 0.25) is 0 Å². The molecule has 0 unspecified atom stereocenters. The average Bonchev–Trinajstić information content (AvgIpc) is 2.29. The maximum Gasteiger partial charge on any atom is 0.305 e. The summed E-state index contributed by atoms with van der Waals surface area (Å²) >= 11 is 0. The maximum atomic E-state index is 11.0. The zero-order valence-corrected chi connectivity index (χ0v) is 10.1. The lowest BCUT2D eigenvalue weighted by Crippen LogP contribution is -1.99. The minimum atomic E-state index is -0.156. The molecule has 0 amide bonds. The standard InChI is InChI=1S/C14H18O2/c1-11-4-7-13(8-5-11)10-12(2)6-9-14(15)16-3/h4-5,7-8,10H,6,9H2,1-3H3. The third-order valence-corrected chi connectivity index (χ3v) is 2.44. The lowest BCUT2D eigenvalue weighted by molar-refractivity contribution is -0.140. The molecule has 0 radical (unpaired) electrons. The number of aryl methyl sites for hydroxylation is 1. The molecule has 1 rings (SSSR count). The molecule has 0 aliphatic rings. The molecule has 0 saturated carbocycles. The lowest BCUT2D eigenvalue weighted by Gasteiger charge is -2.01. The van der Waals surface area contributed by atoms with Crippen LogP contribution in [-0.4, -0.2) is 13.1 Å². The van der Waals surface area contributed by atoms with E-state index in [1.54, 1.807) is 0 Å². The molecule has 0 spiro atoms. The largest absolute Gasteiger partial charge is 0.469 e. The van der Waals surface area contributed by atoms with Crippen LogP contribution >= 0.6 is 0 Å². The first-order valence-electron chi connectivity index (χ1n) is 5.42. The van der Waals surface area contributed by atoms with Crippen LogP contribution in [0.1, 0.15) is 30.9 Å². The van der Waals surface area contributed by atoms with Gasteiger partial charge in [-0.05, 0) is 25.8 Å². The number of rotatable bonds is 4. The van der Waals surface area contributed by atoms with Gasteiger partial charge in [-0.2, -0.15) is 0 Å². The molecule has 1 aromatic carbocycles. The van der Waals surface area contributed by atoms with Gasteiger partial charge in [-0.1, -0.05) is 41.5 Å². The van der Waals surface area contributed by atoms with Crippen molar-refractivity contribution in [1.29, 1.82) is 0 Å². The first kappa shape index (κ1) is 12.5. The molecule has 0 aliphatic heterocycles. The van der Waals surface area contributed by atoms with Crippen molar-refractivity contribution in [3.8, 4) is 0 Å². The second-order valence-electron chi connectivity index (χ2n) is 3.98. The first-order chi connectivity index (χ1) is 7.61. The van der Waals surface area contributed by atoms with Crippen molar-refractivity contribution in [1.82, 2.24) is 0 Å². The Kier molecular flexibility index (Phi) is 4.77. The van der Waals surface area contributed by atoms with Crippen LogP contribution in [0.25, 0.3) is 6.08 Å². The van der Waals surface area contributed by atoms with Crippen LogP contribution in [0.5, 0.6) is 0 Å². The van der Waals surface area contributed by atoms with Crippen LogP contribution < -0.4 is 0 Å². The van der Waals surface area contributed by atoms with Crippen LogP contribution in [-0.2, 0) is 9.53 Å². The quantitative estimate of drug-likeness (QED) is 0.724. The van der Waals surface area contributed by atoms with Crippen molar-refractivity contribution < 1.29 is 9.53 Å². The molecule has 1 aromatic rings. The molecule has 0 fully saturated rings. The normalized spacial score (nSPS) is 11.3. The molecule has 0 bridgehead atoms. The van der Waals surface area contributed by atoms with Crippen molar-refractivity contribution in [2.75, 3.05) is 7.11 Å². The summed E-state index contributed by atoms with van der Waals surface area (Å²) in [6, 6.07) is 8.33. The van der Waals surface area contributed by atoms with E-state index < -0.39 is 0 Å². The van der Waals surface area contributed by atoms with E-state index in [4.69, 9.17) is 0 Å². The van der Waals surface area contributed by atoms with E-state index in [0.717, 1.165) is 6.42 Å². The third-order valence-electron chi connectivity index (χ3n) is 2.44. The van der Waals surface area contributed by atoms with Gasteiger partial charge in [0.1, 0.15) is 0 Å². The van der Waals surface area contributed by atoms with E-state index in [1.165, 1.54) is 23.8 Å². The van der Waals surface area contributed by atoms with E-state index in [2.05, 4.69) is 42.0 Å².